The van der Waals surface area contributed by atoms with Crippen molar-refractivity contribution in [3.63, 3.8) is 0 Å². The number of hydrogen-bond donors (Lipinski definition) is 1. The van der Waals surface area contributed by atoms with Crippen LogP contribution >= 0.6 is 0 Å². The summed E-state index contributed by atoms with van der Waals surface area (Å²) in [4.78, 5) is 13.0. The summed E-state index contributed by atoms with van der Waals surface area (Å²) < 4.78 is 5.24. The third-order valence-electron chi connectivity index (χ3n) is 3.18. The van der Waals surface area contributed by atoms with Crippen molar-refractivity contribution in [2.45, 2.75) is 26.8 Å². The van der Waals surface area contributed by atoms with Crippen LogP contribution in [0, 0.1) is 12.8 Å². The van der Waals surface area contributed by atoms with Gasteiger partial charge in [0.2, 0.25) is 0 Å². The molecule has 1 unspecified atom stereocenters. The molecular weight excluding hydrogens is 242 g/mol. The summed E-state index contributed by atoms with van der Waals surface area (Å²) in [5, 5.41) is 9.12. The second kappa shape index (κ2) is 7.14. The first-order valence-corrected chi connectivity index (χ1v) is 6.49. The Morgan fingerprint density at radius 3 is 2.32 bits per heavy atom. The summed E-state index contributed by atoms with van der Waals surface area (Å²) in [6.07, 6.45) is 0. The topological polar surface area (TPSA) is 49.8 Å². The second-order valence-corrected chi connectivity index (χ2v) is 5.12. The van der Waals surface area contributed by atoms with Crippen molar-refractivity contribution in [2.75, 3.05) is 25.2 Å². The lowest BCUT2D eigenvalue weighted by Gasteiger charge is -2.34. The molecule has 1 aromatic carbocycles. The van der Waals surface area contributed by atoms with E-state index in [1.165, 1.54) is 0 Å². The first-order valence-electron chi connectivity index (χ1n) is 6.49. The lowest BCUT2D eigenvalue weighted by atomic mass is 10.0. The molecule has 0 radical (unpaired) electrons. The summed E-state index contributed by atoms with van der Waals surface area (Å²) >= 11 is 0. The van der Waals surface area contributed by atoms with Gasteiger partial charge in [-0.15, -0.1) is 0 Å². The lowest BCUT2D eigenvalue weighted by molar-refractivity contribution is -0.135. The predicted molar refractivity (Wildman–Crippen MR) is 76.7 cm³/mol. The van der Waals surface area contributed by atoms with Gasteiger partial charge in [0.1, 0.15) is 6.54 Å². The number of rotatable bonds is 7. The van der Waals surface area contributed by atoms with Gasteiger partial charge in [0.05, 0.1) is 12.6 Å². The fourth-order valence-electron chi connectivity index (χ4n) is 2.10. The van der Waals surface area contributed by atoms with Gasteiger partial charge in [0, 0.05) is 12.8 Å². The van der Waals surface area contributed by atoms with Gasteiger partial charge in [-0.2, -0.15) is 0 Å². The van der Waals surface area contributed by atoms with Crippen molar-refractivity contribution in [3.8, 4) is 0 Å². The minimum absolute atomic E-state index is 0.0186. The molecule has 1 aromatic rings. The van der Waals surface area contributed by atoms with Crippen LogP contribution in [0.4, 0.5) is 5.69 Å². The van der Waals surface area contributed by atoms with E-state index in [9.17, 15) is 4.79 Å². The Labute approximate surface area is 115 Å². The van der Waals surface area contributed by atoms with Crippen molar-refractivity contribution in [1.29, 1.82) is 0 Å². The number of anilines is 1. The van der Waals surface area contributed by atoms with Gasteiger partial charge >= 0.3 is 5.97 Å². The van der Waals surface area contributed by atoms with Crippen molar-refractivity contribution >= 4 is 11.7 Å². The highest BCUT2D eigenvalue weighted by atomic mass is 16.5. The van der Waals surface area contributed by atoms with Gasteiger partial charge in [-0.1, -0.05) is 31.5 Å². The molecule has 0 aliphatic rings. The van der Waals surface area contributed by atoms with E-state index in [1.54, 1.807) is 7.11 Å². The Kier molecular flexibility index (Phi) is 5.83. The Morgan fingerprint density at radius 2 is 1.89 bits per heavy atom. The van der Waals surface area contributed by atoms with E-state index < -0.39 is 5.97 Å². The molecular formula is C15H23NO3. The number of ether oxygens (including phenoxy) is 1. The van der Waals surface area contributed by atoms with Gasteiger partial charge in [0.25, 0.3) is 0 Å². The van der Waals surface area contributed by atoms with Crippen LogP contribution < -0.4 is 4.90 Å². The molecule has 1 N–H and O–H groups in total. The molecule has 1 atom stereocenters. The second-order valence-electron chi connectivity index (χ2n) is 5.12. The lowest BCUT2D eigenvalue weighted by Crippen LogP contribution is -2.45. The highest BCUT2D eigenvalue weighted by molar-refractivity contribution is 5.74. The molecule has 4 nitrogen and oxygen atoms in total. The Hall–Kier alpha value is -1.55. The highest BCUT2D eigenvalue weighted by Crippen LogP contribution is 2.21. The zero-order valence-electron chi connectivity index (χ0n) is 12.1. The molecule has 0 spiro atoms. The smallest absolute Gasteiger partial charge is 0.323 e. The number of benzene rings is 1. The number of nitrogens with zero attached hydrogens (tertiary/aromatic N) is 1. The number of carboxylic acid groups (broad SMARTS) is 1. The molecule has 0 bridgehead atoms. The molecule has 0 aromatic heterocycles. The summed E-state index contributed by atoms with van der Waals surface area (Å²) in [5.41, 5.74) is 2.08. The van der Waals surface area contributed by atoms with E-state index in [4.69, 9.17) is 9.84 Å². The molecule has 0 amide bonds. The quantitative estimate of drug-likeness (QED) is 0.823. The van der Waals surface area contributed by atoms with Gasteiger partial charge in [-0.25, -0.2) is 0 Å². The Morgan fingerprint density at radius 1 is 1.32 bits per heavy atom. The molecule has 0 heterocycles. The molecule has 106 valence electrons. The van der Waals surface area contributed by atoms with Crippen LogP contribution in [0.3, 0.4) is 0 Å². The maximum atomic E-state index is 11.1. The van der Waals surface area contributed by atoms with Crippen LogP contribution in [-0.2, 0) is 9.53 Å². The number of carbonyl (C=O) groups is 1. The van der Waals surface area contributed by atoms with Crippen molar-refractivity contribution < 1.29 is 14.6 Å². The predicted octanol–water partition coefficient (Wildman–Crippen LogP) is 2.56. The fourth-order valence-corrected chi connectivity index (χ4v) is 2.10. The van der Waals surface area contributed by atoms with E-state index in [0.29, 0.717) is 12.5 Å². The zero-order valence-corrected chi connectivity index (χ0v) is 12.1. The maximum Gasteiger partial charge on any atom is 0.323 e. The van der Waals surface area contributed by atoms with Crippen LogP contribution in [0.2, 0.25) is 0 Å². The molecule has 0 aliphatic heterocycles. The maximum absolute atomic E-state index is 11.1. The standard InChI is InChI=1S/C15H23NO3/c1-11(2)14(10-19-4)16(9-15(17)18)13-7-5-12(3)6-8-13/h5-8,11,14H,9-10H2,1-4H3,(H,17,18). The summed E-state index contributed by atoms with van der Waals surface area (Å²) in [6.45, 7) is 6.66. The van der Waals surface area contributed by atoms with E-state index in [2.05, 4.69) is 13.8 Å². The first-order chi connectivity index (χ1) is 8.95. The van der Waals surface area contributed by atoms with Crippen molar-refractivity contribution in [1.82, 2.24) is 0 Å². The molecule has 19 heavy (non-hydrogen) atoms. The third-order valence-corrected chi connectivity index (χ3v) is 3.18. The van der Waals surface area contributed by atoms with Gasteiger partial charge in [-0.3, -0.25) is 4.79 Å². The highest BCUT2D eigenvalue weighted by Gasteiger charge is 2.24. The zero-order chi connectivity index (χ0) is 14.4. The molecule has 1 rings (SSSR count). The van der Waals surface area contributed by atoms with Gasteiger partial charge in [0.15, 0.2) is 0 Å². The van der Waals surface area contributed by atoms with Crippen molar-refractivity contribution in [2.24, 2.45) is 5.92 Å². The number of aliphatic carboxylic acids is 1. The van der Waals surface area contributed by atoms with E-state index in [-0.39, 0.29) is 12.6 Å². The monoisotopic (exact) mass is 265 g/mol. The largest absolute Gasteiger partial charge is 0.480 e. The minimum atomic E-state index is -0.831. The SMILES string of the molecule is COCC(C(C)C)N(CC(=O)O)c1ccc(C)cc1. The first kappa shape index (κ1) is 15.5. The Bertz CT molecular complexity index is 400. The molecule has 4 heteroatoms. The average molecular weight is 265 g/mol. The fraction of sp³-hybridized carbons (Fsp3) is 0.533. The van der Waals surface area contributed by atoms with Crippen LogP contribution in [0.1, 0.15) is 19.4 Å². The number of methoxy groups -OCH3 is 1. The van der Waals surface area contributed by atoms with Crippen LogP contribution in [0.5, 0.6) is 0 Å². The Balaban J connectivity index is 3.04. The van der Waals surface area contributed by atoms with Crippen LogP contribution in [0.25, 0.3) is 0 Å². The molecule has 0 fully saturated rings. The number of aryl methyl sites for hydroxylation is 1. The molecule has 0 aliphatic carbocycles. The summed E-state index contributed by atoms with van der Waals surface area (Å²) in [5.74, 6) is -0.525. The van der Waals surface area contributed by atoms with Crippen LogP contribution in [0.15, 0.2) is 24.3 Å². The van der Waals surface area contributed by atoms with E-state index >= 15 is 0 Å². The molecule has 0 saturated heterocycles. The normalized spacial score (nSPS) is 12.5. The van der Waals surface area contributed by atoms with E-state index in [0.717, 1.165) is 11.3 Å². The third kappa shape index (κ3) is 4.56. The number of carboxylic acids is 1. The minimum Gasteiger partial charge on any atom is -0.480 e. The van der Waals surface area contributed by atoms with E-state index in [1.807, 2.05) is 36.1 Å². The average Bonchev–Trinajstić information content (AvgIpc) is 2.34. The summed E-state index contributed by atoms with van der Waals surface area (Å²) in [7, 11) is 1.64. The van der Waals surface area contributed by atoms with Gasteiger partial charge < -0.3 is 14.7 Å². The van der Waals surface area contributed by atoms with Crippen LogP contribution in [-0.4, -0.2) is 37.4 Å². The van der Waals surface area contributed by atoms with Crippen molar-refractivity contribution in [3.05, 3.63) is 29.8 Å². The molecule has 0 saturated carbocycles. The number of hydrogen-bond acceptors (Lipinski definition) is 3. The summed E-state index contributed by atoms with van der Waals surface area (Å²) in [6, 6.07) is 7.96. The van der Waals surface area contributed by atoms with Gasteiger partial charge in [-0.05, 0) is 25.0 Å².